The summed E-state index contributed by atoms with van der Waals surface area (Å²) in [5, 5.41) is 19.7. The fourth-order valence-corrected chi connectivity index (χ4v) is 0.595. The van der Waals surface area contributed by atoms with Crippen molar-refractivity contribution < 1.29 is 15.0 Å². The number of hydrogen-bond donors (Lipinski definition) is 3. The number of carbonyl (C=O) groups excluding carboxylic acids is 1. The molecular formula is C9H13NO3. The summed E-state index contributed by atoms with van der Waals surface area (Å²) in [4.78, 5) is 10.7. The summed E-state index contributed by atoms with van der Waals surface area (Å²) in [5.74, 6) is -0.388. The van der Waals surface area contributed by atoms with Crippen molar-refractivity contribution in [2.24, 2.45) is 0 Å². The minimum absolute atomic E-state index is 0.288. The number of allylic oxidation sites excluding steroid dienone is 1. The van der Waals surface area contributed by atoms with E-state index in [1.807, 2.05) is 0 Å². The Balaban J connectivity index is 4.22. The maximum Gasteiger partial charge on any atom is 0.247 e. The van der Waals surface area contributed by atoms with Crippen LogP contribution in [0.2, 0.25) is 0 Å². The topological polar surface area (TPSA) is 69.6 Å². The number of aliphatic hydroxyl groups is 2. The van der Waals surface area contributed by atoms with Gasteiger partial charge < -0.3 is 15.5 Å². The van der Waals surface area contributed by atoms with Crippen molar-refractivity contribution in [2.75, 3.05) is 0 Å². The molecule has 0 aliphatic heterocycles. The van der Waals surface area contributed by atoms with Gasteiger partial charge in [0.2, 0.25) is 5.91 Å². The Morgan fingerprint density at radius 3 is 2.46 bits per heavy atom. The normalized spacial score (nSPS) is 11.2. The van der Waals surface area contributed by atoms with E-state index >= 15 is 0 Å². The van der Waals surface area contributed by atoms with Crippen LogP contribution in [0.1, 0.15) is 6.92 Å². The first-order valence-electron chi connectivity index (χ1n) is 3.64. The monoisotopic (exact) mass is 183 g/mol. The largest absolute Gasteiger partial charge is 0.365 e. The Morgan fingerprint density at radius 1 is 1.54 bits per heavy atom. The number of aliphatic hydroxyl groups excluding tert-OH is 1. The summed E-state index contributed by atoms with van der Waals surface area (Å²) in [5.41, 5.74) is 0.588. The predicted octanol–water partition coefficient (Wildman–Crippen LogP) is 0.0593. The van der Waals surface area contributed by atoms with Crippen LogP contribution in [0.5, 0.6) is 0 Å². The average Bonchev–Trinajstić information content (AvgIpc) is 2.03. The van der Waals surface area contributed by atoms with Gasteiger partial charge in [0.1, 0.15) is 0 Å². The zero-order chi connectivity index (χ0) is 10.4. The highest BCUT2D eigenvalue weighted by molar-refractivity contribution is 5.88. The molecule has 13 heavy (non-hydrogen) atoms. The molecule has 0 aliphatic carbocycles. The van der Waals surface area contributed by atoms with Crippen LogP contribution in [0.25, 0.3) is 0 Å². The van der Waals surface area contributed by atoms with Gasteiger partial charge in [-0.1, -0.05) is 13.2 Å². The smallest absolute Gasteiger partial charge is 0.247 e. The van der Waals surface area contributed by atoms with E-state index in [2.05, 4.69) is 18.5 Å². The maximum atomic E-state index is 10.7. The Kier molecular flexibility index (Phi) is 4.72. The Labute approximate surface area is 76.9 Å². The van der Waals surface area contributed by atoms with Gasteiger partial charge in [0.15, 0.2) is 6.29 Å². The molecule has 0 spiro atoms. The third kappa shape index (κ3) is 4.95. The van der Waals surface area contributed by atoms with Crippen molar-refractivity contribution in [3.63, 3.8) is 0 Å². The van der Waals surface area contributed by atoms with Gasteiger partial charge in [-0.3, -0.25) is 4.79 Å². The number of rotatable bonds is 4. The van der Waals surface area contributed by atoms with Gasteiger partial charge in [-0.25, -0.2) is 0 Å². The van der Waals surface area contributed by atoms with Gasteiger partial charge in [0.25, 0.3) is 0 Å². The lowest BCUT2D eigenvalue weighted by molar-refractivity contribution is -0.115. The van der Waals surface area contributed by atoms with Crippen LogP contribution < -0.4 is 5.32 Å². The van der Waals surface area contributed by atoms with Crippen LogP contribution in [0.4, 0.5) is 0 Å². The van der Waals surface area contributed by atoms with E-state index < -0.39 is 6.29 Å². The molecule has 0 bridgehead atoms. The fraction of sp³-hybridized carbons (Fsp3) is 0.222. The van der Waals surface area contributed by atoms with E-state index in [1.54, 1.807) is 0 Å². The van der Waals surface area contributed by atoms with Crippen LogP contribution in [-0.4, -0.2) is 22.4 Å². The van der Waals surface area contributed by atoms with Crippen LogP contribution in [-0.2, 0) is 4.79 Å². The summed E-state index contributed by atoms with van der Waals surface area (Å²) in [6.07, 6.45) is 0.938. The molecule has 0 saturated carbocycles. The molecule has 0 radical (unpaired) electrons. The minimum Gasteiger partial charge on any atom is -0.365 e. The SMILES string of the molecule is C=CC(=O)NC(=C)/C=C(/C)C(O)O. The van der Waals surface area contributed by atoms with E-state index in [0.717, 1.165) is 6.08 Å². The van der Waals surface area contributed by atoms with E-state index in [-0.39, 0.29) is 11.6 Å². The van der Waals surface area contributed by atoms with Crippen molar-refractivity contribution in [2.45, 2.75) is 13.2 Å². The molecule has 4 heteroatoms. The number of nitrogens with one attached hydrogen (secondary N) is 1. The summed E-state index contributed by atoms with van der Waals surface area (Å²) in [6.45, 7) is 8.25. The van der Waals surface area contributed by atoms with E-state index in [9.17, 15) is 4.79 Å². The summed E-state index contributed by atoms with van der Waals surface area (Å²) < 4.78 is 0. The van der Waals surface area contributed by atoms with Crippen LogP contribution >= 0.6 is 0 Å². The molecule has 0 rings (SSSR count). The molecule has 0 atom stereocenters. The van der Waals surface area contributed by atoms with Crippen molar-refractivity contribution in [1.82, 2.24) is 5.32 Å². The van der Waals surface area contributed by atoms with Crippen molar-refractivity contribution in [3.8, 4) is 0 Å². The first kappa shape index (κ1) is 11.6. The first-order chi connectivity index (χ1) is 5.97. The van der Waals surface area contributed by atoms with Crippen molar-refractivity contribution in [1.29, 1.82) is 0 Å². The summed E-state index contributed by atoms with van der Waals surface area (Å²) in [6, 6.07) is 0. The van der Waals surface area contributed by atoms with Gasteiger partial charge in [-0.2, -0.15) is 0 Å². The zero-order valence-corrected chi connectivity index (χ0v) is 7.45. The molecule has 4 nitrogen and oxygen atoms in total. The van der Waals surface area contributed by atoms with E-state index in [0.29, 0.717) is 5.57 Å². The number of hydrogen-bond acceptors (Lipinski definition) is 3. The predicted molar refractivity (Wildman–Crippen MR) is 49.5 cm³/mol. The zero-order valence-electron chi connectivity index (χ0n) is 7.45. The highest BCUT2D eigenvalue weighted by atomic mass is 16.5. The summed E-state index contributed by atoms with van der Waals surface area (Å²) >= 11 is 0. The lowest BCUT2D eigenvalue weighted by Crippen LogP contribution is -2.19. The second-order valence-electron chi connectivity index (χ2n) is 2.48. The van der Waals surface area contributed by atoms with Crippen LogP contribution in [0, 0.1) is 0 Å². The first-order valence-corrected chi connectivity index (χ1v) is 3.64. The van der Waals surface area contributed by atoms with E-state index in [4.69, 9.17) is 10.2 Å². The molecule has 0 fully saturated rings. The second-order valence-corrected chi connectivity index (χ2v) is 2.48. The fourth-order valence-electron chi connectivity index (χ4n) is 0.595. The Hall–Kier alpha value is -1.39. The highest BCUT2D eigenvalue weighted by Crippen LogP contribution is 2.00. The Morgan fingerprint density at radius 2 is 2.08 bits per heavy atom. The average molecular weight is 183 g/mol. The third-order valence-corrected chi connectivity index (χ3v) is 1.28. The van der Waals surface area contributed by atoms with Crippen molar-refractivity contribution >= 4 is 5.91 Å². The van der Waals surface area contributed by atoms with Crippen LogP contribution in [0.3, 0.4) is 0 Å². The summed E-state index contributed by atoms with van der Waals surface area (Å²) in [7, 11) is 0. The van der Waals surface area contributed by atoms with Gasteiger partial charge in [-0.15, -0.1) is 0 Å². The van der Waals surface area contributed by atoms with Gasteiger partial charge in [0, 0.05) is 5.70 Å². The number of amides is 1. The highest BCUT2D eigenvalue weighted by Gasteiger charge is 2.01. The number of carbonyl (C=O) groups is 1. The lowest BCUT2D eigenvalue weighted by Gasteiger charge is -2.05. The maximum absolute atomic E-state index is 10.7. The quantitative estimate of drug-likeness (QED) is 0.328. The lowest BCUT2D eigenvalue weighted by atomic mass is 10.2. The second kappa shape index (κ2) is 5.29. The van der Waals surface area contributed by atoms with Gasteiger partial charge in [-0.05, 0) is 24.6 Å². The molecule has 0 unspecified atom stereocenters. The molecular weight excluding hydrogens is 170 g/mol. The third-order valence-electron chi connectivity index (χ3n) is 1.28. The standard InChI is InChI=1S/C9H13NO3/c1-4-8(11)10-7(3)5-6(2)9(12)13/h4-5,9,12-13H,1,3H2,2H3,(H,10,11)/b6-5-. The molecule has 3 N–H and O–H groups in total. The van der Waals surface area contributed by atoms with Gasteiger partial charge >= 0.3 is 0 Å². The molecule has 0 heterocycles. The molecule has 0 aromatic carbocycles. The molecule has 0 aromatic heterocycles. The van der Waals surface area contributed by atoms with Gasteiger partial charge in [0.05, 0.1) is 0 Å². The molecule has 0 aromatic rings. The van der Waals surface area contributed by atoms with Crippen LogP contribution in [0.15, 0.2) is 36.6 Å². The van der Waals surface area contributed by atoms with Crippen molar-refractivity contribution in [3.05, 3.63) is 36.6 Å². The molecule has 1 amide bonds. The molecule has 72 valence electrons. The molecule has 0 saturated heterocycles. The minimum atomic E-state index is -1.53. The van der Waals surface area contributed by atoms with E-state index in [1.165, 1.54) is 13.0 Å². The molecule has 0 aliphatic rings. The Bertz CT molecular complexity index is 254.